The molecular weight excluding hydrogens is 250 g/mol. The molecule has 2 N–H and O–H groups in total. The van der Waals surface area contributed by atoms with Crippen LogP contribution in [0.3, 0.4) is 0 Å². The summed E-state index contributed by atoms with van der Waals surface area (Å²) in [4.78, 5) is 11.7. The number of aliphatic hydroxyl groups is 2. The summed E-state index contributed by atoms with van der Waals surface area (Å²) in [6.07, 6.45) is 0. The molecule has 0 spiro atoms. The van der Waals surface area contributed by atoms with Gasteiger partial charge in [-0.1, -0.05) is 17.3 Å². The molecule has 1 aromatic heterocycles. The normalized spacial score (nSPS) is 10.5. The molecular formula is C12H13N3O4. The maximum atomic E-state index is 11.7. The van der Waals surface area contributed by atoms with Crippen molar-refractivity contribution in [2.75, 3.05) is 7.11 Å². The molecule has 0 aliphatic rings. The second-order valence-corrected chi connectivity index (χ2v) is 3.72. The van der Waals surface area contributed by atoms with Gasteiger partial charge in [0.25, 0.3) is 0 Å². The van der Waals surface area contributed by atoms with E-state index in [2.05, 4.69) is 10.3 Å². The third-order valence-electron chi connectivity index (χ3n) is 2.68. The van der Waals surface area contributed by atoms with Gasteiger partial charge in [-0.2, -0.15) is 0 Å². The lowest BCUT2D eigenvalue weighted by atomic mass is 10.1. The van der Waals surface area contributed by atoms with E-state index in [1.165, 1.54) is 11.8 Å². The number of benzene rings is 1. The topological polar surface area (TPSA) is 97.5 Å². The second-order valence-electron chi connectivity index (χ2n) is 3.72. The van der Waals surface area contributed by atoms with E-state index in [-0.39, 0.29) is 18.9 Å². The van der Waals surface area contributed by atoms with E-state index in [1.54, 1.807) is 24.3 Å². The fourth-order valence-corrected chi connectivity index (χ4v) is 1.75. The van der Waals surface area contributed by atoms with Crippen LogP contribution < -0.4 is 0 Å². The Morgan fingerprint density at radius 2 is 2.05 bits per heavy atom. The molecule has 0 radical (unpaired) electrons. The number of esters is 1. The largest absolute Gasteiger partial charge is 0.465 e. The highest BCUT2D eigenvalue weighted by Crippen LogP contribution is 2.18. The molecule has 0 unspecified atom stereocenters. The Kier molecular flexibility index (Phi) is 3.88. The highest BCUT2D eigenvalue weighted by molar-refractivity contribution is 5.93. The van der Waals surface area contributed by atoms with E-state index in [0.29, 0.717) is 16.9 Å². The number of carbonyl (C=O) groups excluding carboxylic acids is 1. The van der Waals surface area contributed by atoms with E-state index in [4.69, 9.17) is 9.84 Å². The molecule has 0 aliphatic heterocycles. The fourth-order valence-electron chi connectivity index (χ4n) is 1.75. The molecule has 19 heavy (non-hydrogen) atoms. The summed E-state index contributed by atoms with van der Waals surface area (Å²) < 4.78 is 6.01. The monoisotopic (exact) mass is 263 g/mol. The lowest BCUT2D eigenvalue weighted by Crippen LogP contribution is -2.11. The number of hydrogen-bond acceptors (Lipinski definition) is 6. The number of carbonyl (C=O) groups is 1. The van der Waals surface area contributed by atoms with Crippen molar-refractivity contribution in [1.29, 1.82) is 0 Å². The highest BCUT2D eigenvalue weighted by Gasteiger charge is 2.18. The van der Waals surface area contributed by atoms with Crippen LogP contribution >= 0.6 is 0 Å². The molecule has 1 aromatic carbocycles. The Balaban J connectivity index is 2.59. The Hall–Kier alpha value is -2.25. The Morgan fingerprint density at radius 1 is 1.32 bits per heavy atom. The summed E-state index contributed by atoms with van der Waals surface area (Å²) in [6.45, 7) is -0.686. The summed E-state index contributed by atoms with van der Waals surface area (Å²) in [5.74, 6) is -0.513. The summed E-state index contributed by atoms with van der Waals surface area (Å²) in [5, 5.41) is 26.1. The lowest BCUT2D eigenvalue weighted by Gasteiger charge is -2.09. The number of rotatable bonds is 4. The van der Waals surface area contributed by atoms with Crippen LogP contribution in [0.4, 0.5) is 0 Å². The van der Waals surface area contributed by atoms with Gasteiger partial charge in [-0.05, 0) is 12.1 Å². The molecule has 0 fully saturated rings. The fraction of sp³-hybridized carbons (Fsp3) is 0.250. The van der Waals surface area contributed by atoms with Gasteiger partial charge in [0.1, 0.15) is 5.69 Å². The number of aliphatic hydroxyl groups excluding tert-OH is 2. The SMILES string of the molecule is COC(=O)c1ccccc1-n1nnc(CO)c1CO. The highest BCUT2D eigenvalue weighted by atomic mass is 16.5. The predicted octanol–water partition coefficient (Wildman–Crippen LogP) is 0.0385. The molecule has 100 valence electrons. The van der Waals surface area contributed by atoms with Crippen molar-refractivity contribution >= 4 is 5.97 Å². The van der Waals surface area contributed by atoms with Gasteiger partial charge < -0.3 is 14.9 Å². The molecule has 0 bridgehead atoms. The lowest BCUT2D eigenvalue weighted by molar-refractivity contribution is 0.0600. The summed E-state index contributed by atoms with van der Waals surface area (Å²) in [7, 11) is 1.28. The number of para-hydroxylation sites is 1. The number of nitrogens with zero attached hydrogens (tertiary/aromatic N) is 3. The van der Waals surface area contributed by atoms with Crippen LogP contribution in [0, 0.1) is 0 Å². The molecule has 0 atom stereocenters. The first-order valence-electron chi connectivity index (χ1n) is 5.55. The third kappa shape index (κ3) is 2.33. The van der Waals surface area contributed by atoms with E-state index < -0.39 is 5.97 Å². The number of aromatic nitrogens is 3. The minimum Gasteiger partial charge on any atom is -0.465 e. The Bertz CT molecular complexity index is 594. The van der Waals surface area contributed by atoms with Crippen molar-refractivity contribution in [2.24, 2.45) is 0 Å². The molecule has 2 aromatic rings. The van der Waals surface area contributed by atoms with Gasteiger partial charge in [0.05, 0.1) is 37.3 Å². The van der Waals surface area contributed by atoms with E-state index in [0.717, 1.165) is 0 Å². The summed E-state index contributed by atoms with van der Waals surface area (Å²) in [5.41, 5.74) is 1.33. The number of methoxy groups -OCH3 is 1. The molecule has 7 nitrogen and oxygen atoms in total. The Morgan fingerprint density at radius 3 is 2.68 bits per heavy atom. The zero-order valence-corrected chi connectivity index (χ0v) is 10.3. The first-order valence-corrected chi connectivity index (χ1v) is 5.55. The van der Waals surface area contributed by atoms with Crippen LogP contribution in [0.25, 0.3) is 5.69 Å². The second kappa shape index (κ2) is 5.59. The van der Waals surface area contributed by atoms with Crippen LogP contribution in [-0.2, 0) is 18.0 Å². The van der Waals surface area contributed by atoms with E-state index in [1.807, 2.05) is 0 Å². The van der Waals surface area contributed by atoms with Gasteiger partial charge in [-0.3, -0.25) is 0 Å². The number of ether oxygens (including phenoxy) is 1. The zero-order chi connectivity index (χ0) is 13.8. The van der Waals surface area contributed by atoms with Crippen molar-refractivity contribution in [1.82, 2.24) is 15.0 Å². The van der Waals surface area contributed by atoms with E-state index >= 15 is 0 Å². The average molecular weight is 263 g/mol. The van der Waals surface area contributed by atoms with Crippen molar-refractivity contribution < 1.29 is 19.7 Å². The minimum atomic E-state index is -0.513. The first-order chi connectivity index (χ1) is 9.22. The van der Waals surface area contributed by atoms with Gasteiger partial charge in [-0.15, -0.1) is 5.10 Å². The standard InChI is InChI=1S/C12H13N3O4/c1-19-12(18)8-4-2-3-5-10(8)15-11(7-17)9(6-16)13-14-15/h2-5,16-17H,6-7H2,1H3. The van der Waals surface area contributed by atoms with Crippen LogP contribution in [0.5, 0.6) is 0 Å². The molecule has 0 saturated carbocycles. The maximum absolute atomic E-state index is 11.7. The van der Waals surface area contributed by atoms with Crippen molar-refractivity contribution in [2.45, 2.75) is 13.2 Å². The smallest absolute Gasteiger partial charge is 0.340 e. The van der Waals surface area contributed by atoms with Crippen LogP contribution in [0.1, 0.15) is 21.7 Å². The van der Waals surface area contributed by atoms with Crippen LogP contribution in [0.15, 0.2) is 24.3 Å². The average Bonchev–Trinajstić information content (AvgIpc) is 2.89. The zero-order valence-electron chi connectivity index (χ0n) is 10.3. The third-order valence-corrected chi connectivity index (χ3v) is 2.68. The van der Waals surface area contributed by atoms with Crippen molar-refractivity contribution in [3.63, 3.8) is 0 Å². The van der Waals surface area contributed by atoms with Gasteiger partial charge in [0, 0.05) is 0 Å². The predicted molar refractivity (Wildman–Crippen MR) is 64.5 cm³/mol. The van der Waals surface area contributed by atoms with Crippen LogP contribution in [-0.4, -0.2) is 38.3 Å². The molecule has 1 heterocycles. The maximum Gasteiger partial charge on any atom is 0.340 e. The first kappa shape index (κ1) is 13.2. The van der Waals surface area contributed by atoms with Gasteiger partial charge >= 0.3 is 5.97 Å². The minimum absolute atomic E-state index is 0.266. The molecule has 2 rings (SSSR count). The van der Waals surface area contributed by atoms with E-state index in [9.17, 15) is 9.90 Å². The van der Waals surface area contributed by atoms with Crippen molar-refractivity contribution in [3.05, 3.63) is 41.2 Å². The van der Waals surface area contributed by atoms with Gasteiger partial charge in [-0.25, -0.2) is 9.48 Å². The summed E-state index contributed by atoms with van der Waals surface area (Å²) >= 11 is 0. The molecule has 0 saturated heterocycles. The van der Waals surface area contributed by atoms with Gasteiger partial charge in [0.2, 0.25) is 0 Å². The number of hydrogen-bond donors (Lipinski definition) is 2. The van der Waals surface area contributed by atoms with Crippen LogP contribution in [0.2, 0.25) is 0 Å². The van der Waals surface area contributed by atoms with Gasteiger partial charge in [0.15, 0.2) is 0 Å². The molecule has 0 aliphatic carbocycles. The summed E-state index contributed by atoms with van der Waals surface area (Å²) in [6, 6.07) is 6.66. The molecule has 0 amide bonds. The quantitative estimate of drug-likeness (QED) is 0.756. The van der Waals surface area contributed by atoms with Crippen molar-refractivity contribution in [3.8, 4) is 5.69 Å². The molecule has 7 heteroatoms. The Labute approximate surface area is 109 Å².